The number of amides is 2. The van der Waals surface area contributed by atoms with Crippen molar-refractivity contribution >= 4 is 21.8 Å². The van der Waals surface area contributed by atoms with E-state index in [1.54, 1.807) is 12.1 Å². The summed E-state index contributed by atoms with van der Waals surface area (Å²) in [4.78, 5) is 26.0. The maximum absolute atomic E-state index is 12.8. The van der Waals surface area contributed by atoms with Gasteiger partial charge in [-0.15, -0.1) is 13.2 Å². The van der Waals surface area contributed by atoms with E-state index in [1.165, 1.54) is 9.21 Å². The highest BCUT2D eigenvalue weighted by Gasteiger charge is 2.32. The van der Waals surface area contributed by atoms with Crippen LogP contribution in [0.1, 0.15) is 22.3 Å². The first-order chi connectivity index (χ1) is 16.0. The van der Waals surface area contributed by atoms with Gasteiger partial charge in [-0.05, 0) is 42.8 Å². The normalized spacial score (nSPS) is 15.1. The van der Waals surface area contributed by atoms with Gasteiger partial charge in [0.2, 0.25) is 15.9 Å². The number of rotatable bonds is 7. The van der Waals surface area contributed by atoms with Crippen molar-refractivity contribution in [1.82, 2.24) is 14.5 Å². The molecular weight excluding hydrogens is 475 g/mol. The SMILES string of the molecule is Cc1ccccc1C(=O)NCCC(=O)N1CCN(S(=O)(=O)c2ccc(OC(F)(F)F)cc2)CC1. The number of benzene rings is 2. The van der Waals surface area contributed by atoms with Crippen molar-refractivity contribution in [3.05, 3.63) is 59.7 Å². The van der Waals surface area contributed by atoms with Gasteiger partial charge in [-0.25, -0.2) is 8.42 Å². The van der Waals surface area contributed by atoms with E-state index in [2.05, 4.69) is 10.1 Å². The number of nitrogens with zero attached hydrogens (tertiary/aromatic N) is 2. The van der Waals surface area contributed by atoms with E-state index in [4.69, 9.17) is 0 Å². The van der Waals surface area contributed by atoms with Crippen molar-refractivity contribution in [2.75, 3.05) is 32.7 Å². The number of sulfonamides is 1. The van der Waals surface area contributed by atoms with E-state index in [-0.39, 0.29) is 55.9 Å². The van der Waals surface area contributed by atoms with Gasteiger partial charge in [0.15, 0.2) is 0 Å². The van der Waals surface area contributed by atoms with Crippen LogP contribution in [0.25, 0.3) is 0 Å². The lowest BCUT2D eigenvalue weighted by Gasteiger charge is -2.34. The molecule has 3 rings (SSSR count). The van der Waals surface area contributed by atoms with Gasteiger partial charge in [-0.1, -0.05) is 18.2 Å². The van der Waals surface area contributed by atoms with E-state index in [9.17, 15) is 31.2 Å². The number of carbonyl (C=O) groups excluding carboxylic acids is 2. The quantitative estimate of drug-likeness (QED) is 0.632. The summed E-state index contributed by atoms with van der Waals surface area (Å²) >= 11 is 0. The topological polar surface area (TPSA) is 96.0 Å². The number of hydrogen-bond donors (Lipinski definition) is 1. The lowest BCUT2D eigenvalue weighted by molar-refractivity contribution is -0.274. The molecule has 1 aliphatic rings. The van der Waals surface area contributed by atoms with Crippen LogP contribution in [0.4, 0.5) is 13.2 Å². The predicted octanol–water partition coefficient (Wildman–Crippen LogP) is 2.55. The number of halogens is 3. The number of aryl methyl sites for hydroxylation is 1. The van der Waals surface area contributed by atoms with Crippen molar-refractivity contribution in [3.63, 3.8) is 0 Å². The standard InChI is InChI=1S/C22H24F3N3O5S/c1-16-4-2-3-5-19(16)21(30)26-11-10-20(29)27-12-14-28(15-13-27)34(31,32)18-8-6-17(7-9-18)33-22(23,24)25/h2-9H,10-15H2,1H3,(H,26,30). The Morgan fingerprint density at radius 1 is 1.00 bits per heavy atom. The van der Waals surface area contributed by atoms with Crippen LogP contribution in [0.3, 0.4) is 0 Å². The molecule has 0 aliphatic carbocycles. The van der Waals surface area contributed by atoms with Gasteiger partial charge in [0.05, 0.1) is 4.90 Å². The minimum atomic E-state index is -4.87. The smallest absolute Gasteiger partial charge is 0.406 e. The largest absolute Gasteiger partial charge is 0.573 e. The molecule has 0 aromatic heterocycles. The summed E-state index contributed by atoms with van der Waals surface area (Å²) in [6, 6.07) is 11.1. The van der Waals surface area contributed by atoms with Gasteiger partial charge in [0, 0.05) is 44.7 Å². The van der Waals surface area contributed by atoms with Gasteiger partial charge in [0.1, 0.15) is 5.75 Å². The molecule has 1 saturated heterocycles. The highest BCUT2D eigenvalue weighted by molar-refractivity contribution is 7.89. The van der Waals surface area contributed by atoms with Gasteiger partial charge in [-0.3, -0.25) is 9.59 Å². The van der Waals surface area contributed by atoms with Crippen LogP contribution in [-0.4, -0.2) is 68.5 Å². The second kappa shape index (κ2) is 10.4. The maximum Gasteiger partial charge on any atom is 0.573 e. The molecule has 1 fully saturated rings. The van der Waals surface area contributed by atoms with Crippen LogP contribution in [0.15, 0.2) is 53.4 Å². The van der Waals surface area contributed by atoms with Crippen molar-refractivity contribution in [1.29, 1.82) is 0 Å². The van der Waals surface area contributed by atoms with E-state index >= 15 is 0 Å². The van der Waals surface area contributed by atoms with Crippen molar-refractivity contribution < 1.29 is 35.9 Å². The average Bonchev–Trinajstić information content (AvgIpc) is 2.78. The zero-order valence-corrected chi connectivity index (χ0v) is 19.2. The fourth-order valence-corrected chi connectivity index (χ4v) is 4.93. The summed E-state index contributed by atoms with van der Waals surface area (Å²) in [7, 11) is -3.93. The summed E-state index contributed by atoms with van der Waals surface area (Å²) < 4.78 is 67.3. The Morgan fingerprint density at radius 2 is 1.62 bits per heavy atom. The fourth-order valence-electron chi connectivity index (χ4n) is 3.50. The van der Waals surface area contributed by atoms with Crippen LogP contribution in [0.5, 0.6) is 5.75 Å². The van der Waals surface area contributed by atoms with Crippen molar-refractivity contribution in [3.8, 4) is 5.75 Å². The Balaban J connectivity index is 1.48. The number of alkyl halides is 3. The number of piperazine rings is 1. The molecule has 184 valence electrons. The molecule has 0 spiro atoms. The van der Waals surface area contributed by atoms with Crippen molar-refractivity contribution in [2.24, 2.45) is 0 Å². The highest BCUT2D eigenvalue weighted by atomic mass is 32.2. The fraction of sp³-hybridized carbons (Fsp3) is 0.364. The van der Waals surface area contributed by atoms with Crippen LogP contribution in [0, 0.1) is 6.92 Å². The number of ether oxygens (including phenoxy) is 1. The molecule has 0 bridgehead atoms. The van der Waals surface area contributed by atoms with Crippen LogP contribution in [0.2, 0.25) is 0 Å². The number of nitrogens with one attached hydrogen (secondary N) is 1. The average molecular weight is 500 g/mol. The molecule has 2 aromatic rings. The first-order valence-corrected chi connectivity index (χ1v) is 11.9. The first-order valence-electron chi connectivity index (χ1n) is 10.4. The second-order valence-corrected chi connectivity index (χ2v) is 9.56. The lowest BCUT2D eigenvalue weighted by atomic mass is 10.1. The maximum atomic E-state index is 12.8. The monoisotopic (exact) mass is 499 g/mol. The molecule has 0 unspecified atom stereocenters. The molecule has 12 heteroatoms. The van der Waals surface area contributed by atoms with Crippen molar-refractivity contribution in [2.45, 2.75) is 24.6 Å². The zero-order chi connectivity index (χ0) is 24.9. The third-order valence-corrected chi connectivity index (χ3v) is 7.21. The molecule has 0 atom stereocenters. The Hall–Kier alpha value is -3.12. The van der Waals surface area contributed by atoms with Gasteiger partial charge < -0.3 is 15.0 Å². The number of hydrogen-bond acceptors (Lipinski definition) is 5. The molecule has 2 aromatic carbocycles. The molecule has 1 N–H and O–H groups in total. The molecule has 8 nitrogen and oxygen atoms in total. The third-order valence-electron chi connectivity index (χ3n) is 5.30. The predicted molar refractivity (Wildman–Crippen MR) is 117 cm³/mol. The number of carbonyl (C=O) groups is 2. The van der Waals surface area contributed by atoms with Crippen LogP contribution >= 0.6 is 0 Å². The molecule has 2 amide bonds. The van der Waals surface area contributed by atoms with E-state index in [1.807, 2.05) is 19.1 Å². The molecule has 34 heavy (non-hydrogen) atoms. The minimum Gasteiger partial charge on any atom is -0.406 e. The van der Waals surface area contributed by atoms with E-state index < -0.39 is 22.1 Å². The summed E-state index contributed by atoms with van der Waals surface area (Å²) in [6.07, 6.45) is -4.79. The summed E-state index contributed by atoms with van der Waals surface area (Å²) in [5, 5.41) is 2.71. The van der Waals surface area contributed by atoms with E-state index in [0.717, 1.165) is 29.8 Å². The van der Waals surface area contributed by atoms with E-state index in [0.29, 0.717) is 5.56 Å². The Morgan fingerprint density at radius 3 is 2.21 bits per heavy atom. The Kier molecular flexibility index (Phi) is 7.82. The molecule has 1 aliphatic heterocycles. The molecular formula is C22H24F3N3O5S. The zero-order valence-electron chi connectivity index (χ0n) is 18.3. The molecule has 1 heterocycles. The Bertz CT molecular complexity index is 1130. The molecule has 0 radical (unpaired) electrons. The minimum absolute atomic E-state index is 0.0461. The van der Waals surface area contributed by atoms with Crippen LogP contribution in [-0.2, 0) is 14.8 Å². The molecule has 0 saturated carbocycles. The highest BCUT2D eigenvalue weighted by Crippen LogP contribution is 2.25. The van der Waals surface area contributed by atoms with Crippen LogP contribution < -0.4 is 10.1 Å². The summed E-state index contributed by atoms with van der Waals surface area (Å²) in [5.41, 5.74) is 1.36. The lowest BCUT2D eigenvalue weighted by Crippen LogP contribution is -2.50. The van der Waals surface area contributed by atoms with Gasteiger partial charge >= 0.3 is 6.36 Å². The second-order valence-electron chi connectivity index (χ2n) is 7.62. The summed E-state index contributed by atoms with van der Waals surface area (Å²) in [5.74, 6) is -0.999. The summed E-state index contributed by atoms with van der Waals surface area (Å²) in [6.45, 7) is 2.39. The third kappa shape index (κ3) is 6.48. The Labute approximate surface area is 195 Å². The van der Waals surface area contributed by atoms with Gasteiger partial charge in [0.25, 0.3) is 5.91 Å². The van der Waals surface area contributed by atoms with Gasteiger partial charge in [-0.2, -0.15) is 4.31 Å². The first kappa shape index (κ1) is 25.5.